The Morgan fingerprint density at radius 3 is 2.52 bits per heavy atom. The maximum Gasteiger partial charge on any atom is 0.262 e. The molecule has 0 saturated carbocycles. The molecule has 6 nitrogen and oxygen atoms in total. The second-order valence-corrected chi connectivity index (χ2v) is 7.48. The minimum absolute atomic E-state index is 0. The molecule has 0 aromatic heterocycles. The molecule has 0 radical (unpaired) electrons. The predicted octanol–water partition coefficient (Wildman–Crippen LogP) is 3.07. The van der Waals surface area contributed by atoms with E-state index in [-0.39, 0.29) is 37.2 Å². The first kappa shape index (κ1) is 22.9. The molecule has 2 aromatic carbocycles. The Bertz CT molecular complexity index is 888. The number of hydrogen-bond donors (Lipinski definition) is 4. The molecule has 29 heavy (non-hydrogen) atoms. The summed E-state index contributed by atoms with van der Waals surface area (Å²) in [5.41, 5.74) is 0.535. The highest BCUT2D eigenvalue weighted by Crippen LogP contribution is 2.38. The summed E-state index contributed by atoms with van der Waals surface area (Å²) in [6, 6.07) is 6.07. The van der Waals surface area contributed by atoms with Crippen LogP contribution in [0.2, 0.25) is 0 Å². The van der Waals surface area contributed by atoms with Gasteiger partial charge in [0.05, 0.1) is 11.8 Å². The Kier molecular flexibility index (Phi) is 7.05. The molecule has 1 aliphatic heterocycles. The summed E-state index contributed by atoms with van der Waals surface area (Å²) in [6.07, 6.45) is -0.710. The Morgan fingerprint density at radius 1 is 1.21 bits per heavy atom. The van der Waals surface area contributed by atoms with Crippen molar-refractivity contribution in [3.05, 3.63) is 53.1 Å². The number of carbonyl (C=O) groups is 1. The molecule has 1 atom stereocenters. The van der Waals surface area contributed by atoms with Gasteiger partial charge >= 0.3 is 0 Å². The SMILES string of the molecule is CC(C)(Cc1cc(F)cc(F)c1)NCC(O)c1cc(O)cc2c1OCC(=O)N2.Cl. The molecule has 0 aliphatic carbocycles. The van der Waals surface area contributed by atoms with Gasteiger partial charge in [-0.1, -0.05) is 0 Å². The van der Waals surface area contributed by atoms with E-state index in [0.29, 0.717) is 29.0 Å². The summed E-state index contributed by atoms with van der Waals surface area (Å²) in [6.45, 7) is 3.61. The van der Waals surface area contributed by atoms with E-state index in [1.165, 1.54) is 24.3 Å². The van der Waals surface area contributed by atoms with Crippen LogP contribution >= 0.6 is 12.4 Å². The van der Waals surface area contributed by atoms with Gasteiger partial charge in [0, 0.05) is 29.8 Å². The second kappa shape index (κ2) is 8.94. The van der Waals surface area contributed by atoms with Gasteiger partial charge in [-0.2, -0.15) is 0 Å². The van der Waals surface area contributed by atoms with Crippen LogP contribution in [0.25, 0.3) is 0 Å². The fourth-order valence-corrected chi connectivity index (χ4v) is 3.23. The van der Waals surface area contributed by atoms with Crippen molar-refractivity contribution < 1.29 is 28.5 Å². The number of rotatable bonds is 6. The number of benzene rings is 2. The standard InChI is InChI=1S/C20H22F2N2O4.ClH/c1-20(2,8-11-3-12(21)5-13(22)4-11)23-9-17(26)15-6-14(25)7-16-19(15)28-10-18(27)24-16;/h3-7,17,23,25-26H,8-10H2,1-2H3,(H,24,27);1H. The molecule has 0 spiro atoms. The van der Waals surface area contributed by atoms with Gasteiger partial charge in [-0.15, -0.1) is 12.4 Å². The van der Waals surface area contributed by atoms with Crippen molar-refractivity contribution in [1.82, 2.24) is 5.32 Å². The van der Waals surface area contributed by atoms with Crippen LogP contribution in [0.5, 0.6) is 11.5 Å². The van der Waals surface area contributed by atoms with Gasteiger partial charge in [0.15, 0.2) is 6.61 Å². The highest BCUT2D eigenvalue weighted by molar-refractivity contribution is 5.96. The van der Waals surface area contributed by atoms with Crippen LogP contribution in [0.15, 0.2) is 30.3 Å². The number of fused-ring (bicyclic) bond motifs is 1. The highest BCUT2D eigenvalue weighted by Gasteiger charge is 2.26. The summed E-state index contributed by atoms with van der Waals surface area (Å²) in [4.78, 5) is 11.5. The molecule has 2 aromatic rings. The first-order valence-corrected chi connectivity index (χ1v) is 8.80. The third-order valence-corrected chi connectivity index (χ3v) is 4.43. The van der Waals surface area contributed by atoms with E-state index in [1.807, 2.05) is 13.8 Å². The summed E-state index contributed by atoms with van der Waals surface area (Å²) < 4.78 is 32.2. The van der Waals surface area contributed by atoms with Crippen molar-refractivity contribution in [3.63, 3.8) is 0 Å². The zero-order valence-electron chi connectivity index (χ0n) is 16.0. The van der Waals surface area contributed by atoms with Crippen LogP contribution in [-0.4, -0.2) is 34.8 Å². The number of phenolic OH excluding ortho intramolecular Hbond substituents is 1. The van der Waals surface area contributed by atoms with Crippen LogP contribution < -0.4 is 15.4 Å². The lowest BCUT2D eigenvalue weighted by atomic mass is 9.94. The highest BCUT2D eigenvalue weighted by atomic mass is 35.5. The first-order valence-electron chi connectivity index (χ1n) is 8.80. The van der Waals surface area contributed by atoms with Crippen LogP contribution in [0.3, 0.4) is 0 Å². The van der Waals surface area contributed by atoms with Gasteiger partial charge in [-0.05, 0) is 44.0 Å². The summed E-state index contributed by atoms with van der Waals surface area (Å²) in [5.74, 6) is -1.45. The van der Waals surface area contributed by atoms with Crippen molar-refractivity contribution in [2.75, 3.05) is 18.5 Å². The van der Waals surface area contributed by atoms with Gasteiger partial charge in [-0.3, -0.25) is 4.79 Å². The number of aliphatic hydroxyl groups is 1. The van der Waals surface area contributed by atoms with Crippen molar-refractivity contribution >= 4 is 24.0 Å². The number of phenols is 1. The van der Waals surface area contributed by atoms with Crippen molar-refractivity contribution in [2.24, 2.45) is 0 Å². The fraction of sp³-hybridized carbons (Fsp3) is 0.350. The largest absolute Gasteiger partial charge is 0.508 e. The van der Waals surface area contributed by atoms with Crippen LogP contribution in [0.4, 0.5) is 14.5 Å². The van der Waals surface area contributed by atoms with Crippen LogP contribution in [0, 0.1) is 11.6 Å². The lowest BCUT2D eigenvalue weighted by molar-refractivity contribution is -0.118. The molecule has 0 bridgehead atoms. The number of amides is 1. The molecule has 9 heteroatoms. The maximum atomic E-state index is 13.4. The van der Waals surface area contributed by atoms with E-state index < -0.39 is 23.3 Å². The third kappa shape index (κ3) is 5.79. The number of anilines is 1. The summed E-state index contributed by atoms with van der Waals surface area (Å²) >= 11 is 0. The van der Waals surface area contributed by atoms with E-state index >= 15 is 0 Å². The molecule has 4 N–H and O–H groups in total. The van der Waals surface area contributed by atoms with E-state index in [2.05, 4.69) is 10.6 Å². The molecule has 1 heterocycles. The Labute approximate surface area is 173 Å². The molecule has 158 valence electrons. The average Bonchev–Trinajstić information content (AvgIpc) is 2.57. The number of nitrogens with one attached hydrogen (secondary N) is 2. The lowest BCUT2D eigenvalue weighted by Crippen LogP contribution is -2.43. The van der Waals surface area contributed by atoms with Crippen molar-refractivity contribution in [1.29, 1.82) is 0 Å². The zero-order valence-corrected chi connectivity index (χ0v) is 16.8. The van der Waals surface area contributed by atoms with Crippen molar-refractivity contribution in [3.8, 4) is 11.5 Å². The Morgan fingerprint density at radius 2 is 1.86 bits per heavy atom. The summed E-state index contributed by atoms with van der Waals surface area (Å²) in [5, 5.41) is 26.2. The number of ether oxygens (including phenoxy) is 1. The Balaban J connectivity index is 0.00000300. The van der Waals surface area contributed by atoms with E-state index in [1.54, 1.807) is 0 Å². The number of hydrogen-bond acceptors (Lipinski definition) is 5. The molecule has 3 rings (SSSR count). The van der Waals surface area contributed by atoms with Gasteiger partial charge in [0.1, 0.15) is 23.1 Å². The Hall–Kier alpha value is -2.42. The van der Waals surface area contributed by atoms with E-state index in [0.717, 1.165) is 6.07 Å². The number of halogens is 3. The lowest BCUT2D eigenvalue weighted by Gasteiger charge is -2.29. The van der Waals surface area contributed by atoms with Crippen molar-refractivity contribution in [2.45, 2.75) is 31.9 Å². The summed E-state index contributed by atoms with van der Waals surface area (Å²) in [7, 11) is 0. The molecular weight excluding hydrogens is 406 g/mol. The average molecular weight is 429 g/mol. The zero-order chi connectivity index (χ0) is 20.5. The van der Waals surface area contributed by atoms with Gasteiger partial charge in [-0.25, -0.2) is 8.78 Å². The number of aromatic hydroxyl groups is 1. The molecule has 0 fully saturated rings. The minimum Gasteiger partial charge on any atom is -0.508 e. The molecule has 1 unspecified atom stereocenters. The second-order valence-electron chi connectivity index (χ2n) is 7.48. The van der Waals surface area contributed by atoms with Crippen LogP contribution in [0.1, 0.15) is 31.1 Å². The van der Waals surface area contributed by atoms with Gasteiger partial charge < -0.3 is 25.6 Å². The quantitative estimate of drug-likeness (QED) is 0.567. The van der Waals surface area contributed by atoms with E-state index in [4.69, 9.17) is 4.74 Å². The smallest absolute Gasteiger partial charge is 0.262 e. The third-order valence-electron chi connectivity index (χ3n) is 4.43. The minimum atomic E-state index is -1.04. The fourth-order valence-electron chi connectivity index (χ4n) is 3.23. The van der Waals surface area contributed by atoms with Gasteiger partial charge in [0.25, 0.3) is 5.91 Å². The maximum absolute atomic E-state index is 13.4. The normalized spacial score (nSPS) is 14.3. The number of aliphatic hydroxyl groups excluding tert-OH is 1. The molecule has 1 amide bonds. The molecular formula is C20H23ClF2N2O4. The molecule has 0 saturated heterocycles. The molecule has 1 aliphatic rings. The first-order chi connectivity index (χ1) is 13.1. The number of carbonyl (C=O) groups excluding carboxylic acids is 1. The van der Waals surface area contributed by atoms with Crippen LogP contribution in [-0.2, 0) is 11.2 Å². The van der Waals surface area contributed by atoms with E-state index in [9.17, 15) is 23.8 Å². The number of β-amino-alcohol motifs (C(OH)–C–C–N with tert-alkyl or cyclic N) is 1. The topological polar surface area (TPSA) is 90.8 Å². The van der Waals surface area contributed by atoms with Gasteiger partial charge in [0.2, 0.25) is 0 Å². The monoisotopic (exact) mass is 428 g/mol. The predicted molar refractivity (Wildman–Crippen MR) is 107 cm³/mol.